The van der Waals surface area contributed by atoms with Crippen molar-refractivity contribution in [2.75, 3.05) is 0 Å². The molecule has 0 saturated carbocycles. The molecule has 0 aliphatic carbocycles. The molecule has 0 saturated heterocycles. The quantitative estimate of drug-likeness (QED) is 0.262. The molecule has 0 amide bonds. The Morgan fingerprint density at radius 1 is 0.667 bits per heavy atom. The average molecular weight is 447 g/mol. The van der Waals surface area contributed by atoms with Crippen molar-refractivity contribution in [3.05, 3.63) is 27.5 Å². The van der Waals surface area contributed by atoms with Gasteiger partial charge in [-0.1, -0.05) is 78.1 Å². The van der Waals surface area contributed by atoms with Crippen LogP contribution in [0, 0.1) is 13.8 Å². The molecule has 0 fully saturated rings. The Hall–Kier alpha value is -0.800. The summed E-state index contributed by atoms with van der Waals surface area (Å²) in [4.78, 5) is 5.68. The molecule has 0 N–H and O–H groups in total. The molecule has 168 valence electrons. The molecule has 0 aromatic carbocycles. The number of unbranched alkanes of at least 4 members (excludes halogenated alkanes) is 10. The summed E-state index contributed by atoms with van der Waals surface area (Å²) in [7, 11) is 0. The molecule has 3 heteroatoms. The van der Waals surface area contributed by atoms with Gasteiger partial charge in [-0.3, -0.25) is 0 Å². The lowest BCUT2D eigenvalue weighted by Crippen LogP contribution is -2.35. The fourth-order valence-corrected chi connectivity index (χ4v) is 7.08. The van der Waals surface area contributed by atoms with Crippen LogP contribution in [0.15, 0.2) is 12.1 Å². The maximum Gasteiger partial charge on any atom is 0.140 e. The SMILES string of the molecule is CCCCCCCCC1(CCCCCCCC)Oc2cc(C)sc2-c2sc(C)cc21. The molecule has 30 heavy (non-hydrogen) atoms. The van der Waals surface area contributed by atoms with Crippen LogP contribution in [0.4, 0.5) is 0 Å². The van der Waals surface area contributed by atoms with Gasteiger partial charge in [0.15, 0.2) is 0 Å². The van der Waals surface area contributed by atoms with Crippen LogP contribution in [0.3, 0.4) is 0 Å². The summed E-state index contributed by atoms with van der Waals surface area (Å²) in [5, 5.41) is 0. The van der Waals surface area contributed by atoms with E-state index in [4.69, 9.17) is 4.74 Å². The Bertz CT molecular complexity index is 754. The largest absolute Gasteiger partial charge is 0.481 e. The monoisotopic (exact) mass is 446 g/mol. The fourth-order valence-electron chi connectivity index (χ4n) is 4.89. The maximum atomic E-state index is 6.95. The standard InChI is InChI=1S/C27H42OS2/c1-5-7-9-11-13-15-17-27(18-16-14-12-10-8-6-2)23-19-21(3)29-25(23)26-24(28-27)20-22(4)30-26/h19-20H,5-18H2,1-4H3. The zero-order valence-electron chi connectivity index (χ0n) is 19.8. The summed E-state index contributed by atoms with van der Waals surface area (Å²) in [5.41, 5.74) is 1.40. The predicted molar refractivity (Wildman–Crippen MR) is 135 cm³/mol. The third kappa shape index (κ3) is 5.91. The minimum absolute atomic E-state index is 0.101. The van der Waals surface area contributed by atoms with Crippen molar-refractivity contribution in [2.45, 2.75) is 123 Å². The molecule has 2 aromatic rings. The summed E-state index contributed by atoms with van der Waals surface area (Å²) in [6, 6.07) is 4.74. The third-order valence-corrected chi connectivity index (χ3v) is 8.79. The molecule has 0 bridgehead atoms. The first kappa shape index (κ1) is 23.9. The molecular weight excluding hydrogens is 404 g/mol. The number of aryl methyl sites for hydroxylation is 2. The molecule has 2 aromatic heterocycles. The summed E-state index contributed by atoms with van der Waals surface area (Å²) < 4.78 is 6.95. The maximum absolute atomic E-state index is 6.95. The highest BCUT2D eigenvalue weighted by Gasteiger charge is 2.42. The lowest BCUT2D eigenvalue weighted by molar-refractivity contribution is 0.0397. The minimum atomic E-state index is -0.101. The van der Waals surface area contributed by atoms with Crippen LogP contribution >= 0.6 is 22.7 Å². The number of hydrogen-bond donors (Lipinski definition) is 0. The molecule has 1 aliphatic heterocycles. The van der Waals surface area contributed by atoms with Crippen LogP contribution in [0.5, 0.6) is 5.75 Å². The van der Waals surface area contributed by atoms with Crippen molar-refractivity contribution in [2.24, 2.45) is 0 Å². The molecule has 1 aliphatic rings. The van der Waals surface area contributed by atoms with Gasteiger partial charge in [0.1, 0.15) is 11.4 Å². The van der Waals surface area contributed by atoms with E-state index in [0.717, 1.165) is 5.75 Å². The molecular formula is C27H42OS2. The molecule has 0 atom stereocenters. The van der Waals surface area contributed by atoms with Crippen molar-refractivity contribution >= 4 is 22.7 Å². The van der Waals surface area contributed by atoms with Crippen LogP contribution < -0.4 is 4.74 Å². The minimum Gasteiger partial charge on any atom is -0.481 e. The third-order valence-electron chi connectivity index (χ3n) is 6.55. The van der Waals surface area contributed by atoms with E-state index in [9.17, 15) is 0 Å². The summed E-state index contributed by atoms with van der Waals surface area (Å²) in [6.45, 7) is 9.08. The Morgan fingerprint density at radius 2 is 1.17 bits per heavy atom. The Balaban J connectivity index is 1.74. The number of fused-ring (bicyclic) bond motifs is 3. The summed E-state index contributed by atoms with van der Waals surface area (Å²) >= 11 is 3.89. The molecule has 1 nitrogen and oxygen atoms in total. The molecule has 3 heterocycles. The highest BCUT2D eigenvalue weighted by atomic mass is 32.1. The van der Waals surface area contributed by atoms with Gasteiger partial charge in [-0.15, -0.1) is 22.7 Å². The van der Waals surface area contributed by atoms with Gasteiger partial charge in [0.05, 0.1) is 9.75 Å². The van der Waals surface area contributed by atoms with Crippen molar-refractivity contribution in [1.29, 1.82) is 0 Å². The normalized spacial score (nSPS) is 14.4. The van der Waals surface area contributed by atoms with E-state index in [0.29, 0.717) is 0 Å². The lowest BCUT2D eigenvalue weighted by atomic mass is 9.81. The molecule has 0 radical (unpaired) electrons. The first-order valence-corrected chi connectivity index (χ1v) is 14.1. The van der Waals surface area contributed by atoms with E-state index in [1.54, 1.807) is 0 Å². The smallest absolute Gasteiger partial charge is 0.140 e. The second-order valence-electron chi connectivity index (χ2n) is 9.28. The van der Waals surface area contributed by atoms with E-state index >= 15 is 0 Å². The summed E-state index contributed by atoms with van der Waals surface area (Å²) in [6.07, 6.45) is 18.5. The number of rotatable bonds is 14. The highest BCUT2D eigenvalue weighted by Crippen LogP contribution is 2.55. The Morgan fingerprint density at radius 3 is 1.77 bits per heavy atom. The van der Waals surface area contributed by atoms with Gasteiger partial charge >= 0.3 is 0 Å². The van der Waals surface area contributed by atoms with Crippen LogP contribution in [-0.4, -0.2) is 0 Å². The number of ether oxygens (including phenoxy) is 1. The zero-order valence-corrected chi connectivity index (χ0v) is 21.4. The molecule has 0 spiro atoms. The van der Waals surface area contributed by atoms with Gasteiger partial charge in [0, 0.05) is 15.3 Å². The molecule has 0 unspecified atom stereocenters. The first-order chi connectivity index (χ1) is 14.6. The predicted octanol–water partition coefficient (Wildman–Crippen LogP) is 10.2. The van der Waals surface area contributed by atoms with E-state index < -0.39 is 0 Å². The number of thiophene rings is 2. The average Bonchev–Trinajstić information content (AvgIpc) is 3.29. The van der Waals surface area contributed by atoms with Gasteiger partial charge in [-0.25, -0.2) is 0 Å². The van der Waals surface area contributed by atoms with Crippen LogP contribution in [0.1, 0.15) is 119 Å². The molecule has 3 rings (SSSR count). The number of hydrogen-bond acceptors (Lipinski definition) is 3. The first-order valence-electron chi connectivity index (χ1n) is 12.5. The topological polar surface area (TPSA) is 9.23 Å². The van der Waals surface area contributed by atoms with E-state index in [2.05, 4.69) is 39.8 Å². The van der Waals surface area contributed by atoms with Gasteiger partial charge in [0.2, 0.25) is 0 Å². The summed E-state index contributed by atoms with van der Waals surface area (Å²) in [5.74, 6) is 1.16. The van der Waals surface area contributed by atoms with Gasteiger partial charge in [-0.05, 0) is 51.7 Å². The van der Waals surface area contributed by atoms with Crippen LogP contribution in [0.2, 0.25) is 0 Å². The van der Waals surface area contributed by atoms with Crippen molar-refractivity contribution in [3.8, 4) is 15.5 Å². The van der Waals surface area contributed by atoms with Gasteiger partial charge in [-0.2, -0.15) is 0 Å². The van der Waals surface area contributed by atoms with Crippen molar-refractivity contribution in [1.82, 2.24) is 0 Å². The van der Waals surface area contributed by atoms with Crippen molar-refractivity contribution in [3.63, 3.8) is 0 Å². The Labute approximate surface area is 193 Å². The zero-order chi connectivity index (χ0) is 21.4. The van der Waals surface area contributed by atoms with Gasteiger partial charge in [0.25, 0.3) is 0 Å². The van der Waals surface area contributed by atoms with E-state index in [1.165, 1.54) is 115 Å². The van der Waals surface area contributed by atoms with Crippen molar-refractivity contribution < 1.29 is 4.74 Å². The Kier molecular flexibility index (Phi) is 9.32. The van der Waals surface area contributed by atoms with E-state index in [1.807, 2.05) is 22.7 Å². The second kappa shape index (κ2) is 11.7. The van der Waals surface area contributed by atoms with Crippen LogP contribution in [0.25, 0.3) is 9.75 Å². The second-order valence-corrected chi connectivity index (χ2v) is 11.8. The van der Waals surface area contributed by atoms with Crippen LogP contribution in [-0.2, 0) is 5.60 Å². The fraction of sp³-hybridized carbons (Fsp3) is 0.704. The lowest BCUT2D eigenvalue weighted by Gasteiger charge is -2.38. The van der Waals surface area contributed by atoms with Gasteiger partial charge < -0.3 is 4.74 Å². The highest BCUT2D eigenvalue weighted by molar-refractivity contribution is 7.22. The van der Waals surface area contributed by atoms with E-state index in [-0.39, 0.29) is 5.60 Å².